The number of anilines is 1. The van der Waals surface area contributed by atoms with Gasteiger partial charge in [-0.15, -0.1) is 0 Å². The van der Waals surface area contributed by atoms with Gasteiger partial charge in [-0.25, -0.2) is 0 Å². The molecule has 5 heteroatoms. The number of hydrogen-bond donors (Lipinski definition) is 2. The molecule has 0 heterocycles. The van der Waals surface area contributed by atoms with E-state index in [9.17, 15) is 4.79 Å². The van der Waals surface area contributed by atoms with Crippen molar-refractivity contribution in [3.05, 3.63) is 23.8 Å². The standard InChI is InChI=1S/C15H24N2O3/c1-5-20-9-14(10(2)3)17-15(18)12-7-6-11(19-4)8-13(12)16/h6-8,10,14H,5,9,16H2,1-4H3,(H,17,18). The Labute approximate surface area is 120 Å². The van der Waals surface area contributed by atoms with Crippen molar-refractivity contribution < 1.29 is 14.3 Å². The lowest BCUT2D eigenvalue weighted by molar-refractivity contribution is 0.0807. The van der Waals surface area contributed by atoms with Crippen LogP contribution in [0.5, 0.6) is 5.75 Å². The van der Waals surface area contributed by atoms with Crippen LogP contribution < -0.4 is 15.8 Å². The summed E-state index contributed by atoms with van der Waals surface area (Å²) >= 11 is 0. The Hall–Kier alpha value is -1.75. The van der Waals surface area contributed by atoms with E-state index >= 15 is 0 Å². The molecule has 0 saturated heterocycles. The van der Waals surface area contributed by atoms with Gasteiger partial charge >= 0.3 is 0 Å². The molecule has 0 spiro atoms. The van der Waals surface area contributed by atoms with Gasteiger partial charge in [-0.1, -0.05) is 13.8 Å². The number of nitrogens with one attached hydrogen (secondary N) is 1. The number of benzene rings is 1. The molecule has 0 saturated carbocycles. The number of carbonyl (C=O) groups is 1. The summed E-state index contributed by atoms with van der Waals surface area (Å²) in [5.74, 6) is 0.724. The van der Waals surface area contributed by atoms with Crippen molar-refractivity contribution in [2.24, 2.45) is 5.92 Å². The van der Waals surface area contributed by atoms with Crippen LogP contribution in [0.3, 0.4) is 0 Å². The van der Waals surface area contributed by atoms with E-state index in [-0.39, 0.29) is 17.9 Å². The molecule has 0 aliphatic heterocycles. The number of ether oxygens (including phenoxy) is 2. The first kappa shape index (κ1) is 16.3. The smallest absolute Gasteiger partial charge is 0.253 e. The summed E-state index contributed by atoms with van der Waals surface area (Å²) in [5, 5.41) is 2.96. The number of rotatable bonds is 7. The van der Waals surface area contributed by atoms with Gasteiger partial charge in [-0.3, -0.25) is 4.79 Å². The number of nitrogen functional groups attached to an aromatic ring is 1. The topological polar surface area (TPSA) is 73.6 Å². The van der Waals surface area contributed by atoms with Gasteiger partial charge in [0.15, 0.2) is 0 Å². The van der Waals surface area contributed by atoms with Crippen molar-refractivity contribution >= 4 is 11.6 Å². The first-order chi connectivity index (χ1) is 9.49. The van der Waals surface area contributed by atoms with Crippen molar-refractivity contribution in [3.8, 4) is 5.75 Å². The van der Waals surface area contributed by atoms with Gasteiger partial charge in [-0.05, 0) is 25.0 Å². The van der Waals surface area contributed by atoms with Crippen LogP contribution in [0.2, 0.25) is 0 Å². The van der Waals surface area contributed by atoms with Crippen molar-refractivity contribution in [1.29, 1.82) is 0 Å². The molecule has 1 rings (SSSR count). The van der Waals surface area contributed by atoms with E-state index in [0.717, 1.165) is 0 Å². The Balaban J connectivity index is 2.78. The van der Waals surface area contributed by atoms with Crippen LogP contribution in [0, 0.1) is 5.92 Å². The third-order valence-corrected chi connectivity index (χ3v) is 3.13. The van der Waals surface area contributed by atoms with E-state index in [0.29, 0.717) is 30.2 Å². The molecule has 0 aromatic heterocycles. The third-order valence-electron chi connectivity index (χ3n) is 3.13. The van der Waals surface area contributed by atoms with Gasteiger partial charge in [0.2, 0.25) is 0 Å². The average molecular weight is 280 g/mol. The van der Waals surface area contributed by atoms with Crippen LogP contribution in [-0.4, -0.2) is 32.3 Å². The zero-order chi connectivity index (χ0) is 15.1. The van der Waals surface area contributed by atoms with Crippen LogP contribution >= 0.6 is 0 Å². The minimum atomic E-state index is -0.191. The summed E-state index contributed by atoms with van der Waals surface area (Å²) in [6.07, 6.45) is 0. The molecule has 0 fully saturated rings. The van der Waals surface area contributed by atoms with Crippen molar-refractivity contribution in [3.63, 3.8) is 0 Å². The molecule has 1 aromatic carbocycles. The normalized spacial score (nSPS) is 12.2. The average Bonchev–Trinajstić information content (AvgIpc) is 2.42. The highest BCUT2D eigenvalue weighted by Gasteiger charge is 2.18. The van der Waals surface area contributed by atoms with Gasteiger partial charge in [0.25, 0.3) is 5.91 Å². The number of hydrogen-bond acceptors (Lipinski definition) is 4. The first-order valence-electron chi connectivity index (χ1n) is 6.81. The second kappa shape index (κ2) is 7.75. The molecule has 0 aliphatic carbocycles. The van der Waals surface area contributed by atoms with Crippen molar-refractivity contribution in [2.75, 3.05) is 26.1 Å². The van der Waals surface area contributed by atoms with E-state index in [1.807, 2.05) is 20.8 Å². The lowest BCUT2D eigenvalue weighted by Crippen LogP contribution is -2.42. The summed E-state index contributed by atoms with van der Waals surface area (Å²) in [6.45, 7) is 7.14. The fraction of sp³-hybridized carbons (Fsp3) is 0.533. The van der Waals surface area contributed by atoms with E-state index in [1.54, 1.807) is 25.3 Å². The summed E-state index contributed by atoms with van der Waals surface area (Å²) in [5.41, 5.74) is 6.73. The van der Waals surface area contributed by atoms with E-state index in [2.05, 4.69) is 5.32 Å². The molecule has 20 heavy (non-hydrogen) atoms. The predicted octanol–water partition coefficient (Wildman–Crippen LogP) is 2.07. The number of carbonyl (C=O) groups excluding carboxylic acids is 1. The molecule has 1 unspecified atom stereocenters. The fourth-order valence-corrected chi connectivity index (χ4v) is 1.77. The molecule has 5 nitrogen and oxygen atoms in total. The van der Waals surface area contributed by atoms with Crippen LogP contribution in [0.4, 0.5) is 5.69 Å². The van der Waals surface area contributed by atoms with Gasteiger partial charge < -0.3 is 20.5 Å². The molecule has 1 atom stereocenters. The number of nitrogens with two attached hydrogens (primary N) is 1. The van der Waals surface area contributed by atoms with Crippen molar-refractivity contribution in [2.45, 2.75) is 26.8 Å². The highest BCUT2D eigenvalue weighted by Crippen LogP contribution is 2.19. The lowest BCUT2D eigenvalue weighted by Gasteiger charge is -2.22. The zero-order valence-corrected chi connectivity index (χ0v) is 12.6. The Morgan fingerprint density at radius 3 is 2.60 bits per heavy atom. The maximum atomic E-state index is 12.3. The summed E-state index contributed by atoms with van der Waals surface area (Å²) in [6, 6.07) is 4.99. The summed E-state index contributed by atoms with van der Waals surface area (Å²) < 4.78 is 10.5. The molecule has 112 valence electrons. The minimum absolute atomic E-state index is 0.0380. The predicted molar refractivity (Wildman–Crippen MR) is 80.0 cm³/mol. The molecule has 0 bridgehead atoms. The maximum absolute atomic E-state index is 12.3. The second-order valence-corrected chi connectivity index (χ2v) is 4.94. The highest BCUT2D eigenvalue weighted by molar-refractivity contribution is 5.99. The largest absolute Gasteiger partial charge is 0.497 e. The number of methoxy groups -OCH3 is 1. The van der Waals surface area contributed by atoms with E-state index < -0.39 is 0 Å². The maximum Gasteiger partial charge on any atom is 0.253 e. The Kier molecular flexibility index (Phi) is 6.31. The lowest BCUT2D eigenvalue weighted by atomic mass is 10.0. The molecule has 0 radical (unpaired) electrons. The van der Waals surface area contributed by atoms with E-state index in [4.69, 9.17) is 15.2 Å². The van der Waals surface area contributed by atoms with Gasteiger partial charge in [0.1, 0.15) is 5.75 Å². The quantitative estimate of drug-likeness (QED) is 0.750. The zero-order valence-electron chi connectivity index (χ0n) is 12.6. The van der Waals surface area contributed by atoms with Crippen LogP contribution in [0.1, 0.15) is 31.1 Å². The van der Waals surface area contributed by atoms with Gasteiger partial charge in [-0.2, -0.15) is 0 Å². The summed E-state index contributed by atoms with van der Waals surface area (Å²) in [4.78, 5) is 12.3. The molecule has 1 amide bonds. The SMILES string of the molecule is CCOCC(NC(=O)c1ccc(OC)cc1N)C(C)C. The van der Waals surface area contributed by atoms with Crippen LogP contribution in [0.25, 0.3) is 0 Å². The Bertz CT molecular complexity index is 447. The Morgan fingerprint density at radius 2 is 2.10 bits per heavy atom. The first-order valence-corrected chi connectivity index (χ1v) is 6.81. The molecule has 3 N–H and O–H groups in total. The highest BCUT2D eigenvalue weighted by atomic mass is 16.5. The summed E-state index contributed by atoms with van der Waals surface area (Å²) in [7, 11) is 1.56. The fourth-order valence-electron chi connectivity index (χ4n) is 1.77. The Morgan fingerprint density at radius 1 is 1.40 bits per heavy atom. The third kappa shape index (κ3) is 4.42. The van der Waals surface area contributed by atoms with Crippen LogP contribution in [0.15, 0.2) is 18.2 Å². The molecule has 1 aromatic rings. The van der Waals surface area contributed by atoms with E-state index in [1.165, 1.54) is 0 Å². The van der Waals surface area contributed by atoms with Gasteiger partial charge in [0, 0.05) is 18.4 Å². The molecule has 0 aliphatic rings. The molecular formula is C15H24N2O3. The van der Waals surface area contributed by atoms with Gasteiger partial charge in [0.05, 0.1) is 25.3 Å². The number of amides is 1. The van der Waals surface area contributed by atoms with Crippen LogP contribution in [-0.2, 0) is 4.74 Å². The minimum Gasteiger partial charge on any atom is -0.497 e. The monoisotopic (exact) mass is 280 g/mol. The second-order valence-electron chi connectivity index (χ2n) is 4.94. The molecular weight excluding hydrogens is 256 g/mol. The van der Waals surface area contributed by atoms with Crippen molar-refractivity contribution in [1.82, 2.24) is 5.32 Å².